The molecule has 0 aliphatic rings. The first-order valence-corrected chi connectivity index (χ1v) is 6.61. The molecule has 0 aliphatic carbocycles. The molecule has 2 rings (SSSR count). The highest BCUT2D eigenvalue weighted by molar-refractivity contribution is 9.10. The van der Waals surface area contributed by atoms with Gasteiger partial charge in [-0.15, -0.1) is 0 Å². The van der Waals surface area contributed by atoms with E-state index < -0.39 is 0 Å². The first-order valence-electron chi connectivity index (χ1n) is 5.82. The Kier molecular flexibility index (Phi) is 3.91. The average molecular weight is 310 g/mol. The maximum Gasteiger partial charge on any atom is 0.136 e. The minimum atomic E-state index is 0.638. The smallest absolute Gasteiger partial charge is 0.136 e. The number of halogens is 1. The molecule has 96 valence electrons. The lowest BCUT2D eigenvalue weighted by Crippen LogP contribution is -2.06. The second kappa shape index (κ2) is 5.44. The molecule has 0 saturated carbocycles. The summed E-state index contributed by atoms with van der Waals surface area (Å²) in [6.45, 7) is 5.20. The van der Waals surface area contributed by atoms with Gasteiger partial charge in [0.15, 0.2) is 0 Å². The van der Waals surface area contributed by atoms with Crippen molar-refractivity contribution in [2.24, 2.45) is 0 Å². The van der Waals surface area contributed by atoms with E-state index >= 15 is 0 Å². The van der Waals surface area contributed by atoms with Crippen LogP contribution in [-0.2, 0) is 6.54 Å². The van der Waals surface area contributed by atoms with E-state index in [2.05, 4.69) is 21.0 Å². The highest BCUT2D eigenvalue weighted by Crippen LogP contribution is 2.24. The fourth-order valence-electron chi connectivity index (χ4n) is 1.77. The van der Waals surface area contributed by atoms with Crippen molar-refractivity contribution < 1.29 is 4.74 Å². The van der Waals surface area contributed by atoms with Crippen molar-refractivity contribution in [3.05, 3.63) is 40.0 Å². The molecule has 0 atom stereocenters. The Hall–Kier alpha value is -1.49. The zero-order chi connectivity index (χ0) is 13.1. The van der Waals surface area contributed by atoms with Gasteiger partial charge in [-0.3, -0.25) is 0 Å². The molecule has 1 aromatic carbocycles. The Balaban J connectivity index is 2.23. The number of aromatic nitrogens is 2. The number of hydrogen-bond donors (Lipinski definition) is 1. The van der Waals surface area contributed by atoms with E-state index in [-0.39, 0.29) is 0 Å². The monoisotopic (exact) mass is 309 g/mol. The van der Waals surface area contributed by atoms with E-state index in [9.17, 15) is 0 Å². The number of ether oxygens (including phenoxy) is 1. The summed E-state index contributed by atoms with van der Waals surface area (Å²) in [6.07, 6.45) is 0. The lowest BCUT2D eigenvalue weighted by Gasteiger charge is -2.07. The predicted molar refractivity (Wildman–Crippen MR) is 75.8 cm³/mol. The fourth-order valence-corrected chi connectivity index (χ4v) is 2.06. The third kappa shape index (κ3) is 2.67. The van der Waals surface area contributed by atoms with Crippen molar-refractivity contribution >= 4 is 21.7 Å². The van der Waals surface area contributed by atoms with Gasteiger partial charge in [0.2, 0.25) is 0 Å². The molecule has 2 N–H and O–H groups in total. The van der Waals surface area contributed by atoms with Crippen LogP contribution >= 0.6 is 15.9 Å². The lowest BCUT2D eigenvalue weighted by atomic mass is 10.2. The first-order chi connectivity index (χ1) is 8.61. The van der Waals surface area contributed by atoms with Crippen molar-refractivity contribution in [3.8, 4) is 5.75 Å². The molecule has 0 spiro atoms. The number of benzene rings is 1. The summed E-state index contributed by atoms with van der Waals surface area (Å²) in [7, 11) is 0. The second-order valence-electron chi connectivity index (χ2n) is 4.02. The first kappa shape index (κ1) is 13.0. The Morgan fingerprint density at radius 3 is 2.83 bits per heavy atom. The predicted octanol–water partition coefficient (Wildman–Crippen LogP) is 2.98. The van der Waals surface area contributed by atoms with Crippen LogP contribution in [0.1, 0.15) is 18.2 Å². The summed E-state index contributed by atoms with van der Waals surface area (Å²) in [5.41, 5.74) is 7.98. The second-order valence-corrected chi connectivity index (χ2v) is 4.82. The van der Waals surface area contributed by atoms with Gasteiger partial charge >= 0.3 is 0 Å². The van der Waals surface area contributed by atoms with Gasteiger partial charge in [-0.2, -0.15) is 5.10 Å². The van der Waals surface area contributed by atoms with E-state index in [1.54, 1.807) is 4.68 Å². The molecule has 5 heteroatoms. The van der Waals surface area contributed by atoms with Crippen LogP contribution in [0.25, 0.3) is 0 Å². The molecule has 0 amide bonds. The Morgan fingerprint density at radius 1 is 1.44 bits per heavy atom. The molecule has 1 aromatic heterocycles. The van der Waals surface area contributed by atoms with Crippen molar-refractivity contribution in [2.75, 3.05) is 12.3 Å². The Labute approximate surface area is 115 Å². The summed E-state index contributed by atoms with van der Waals surface area (Å²) < 4.78 is 8.12. The molecule has 4 nitrogen and oxygen atoms in total. The van der Waals surface area contributed by atoms with Crippen LogP contribution in [0.3, 0.4) is 0 Å². The van der Waals surface area contributed by atoms with E-state index in [1.807, 2.05) is 38.1 Å². The molecule has 0 unspecified atom stereocenters. The van der Waals surface area contributed by atoms with Crippen LogP contribution in [0.15, 0.2) is 28.7 Å². The van der Waals surface area contributed by atoms with Crippen LogP contribution in [0.5, 0.6) is 5.75 Å². The molecule has 2 aromatic rings. The van der Waals surface area contributed by atoms with Crippen molar-refractivity contribution in [2.45, 2.75) is 20.4 Å². The standard InChI is InChI=1S/C13H16BrN3O/c1-3-18-11-6-4-5-10(7-11)8-17-13(15)12(14)9(2)16-17/h4-7H,3,8,15H2,1-2H3. The largest absolute Gasteiger partial charge is 0.494 e. The number of aryl methyl sites for hydroxylation is 1. The number of rotatable bonds is 4. The molecule has 0 fully saturated rings. The lowest BCUT2D eigenvalue weighted by molar-refractivity contribution is 0.340. The summed E-state index contributed by atoms with van der Waals surface area (Å²) >= 11 is 3.42. The SMILES string of the molecule is CCOc1cccc(Cn2nc(C)c(Br)c2N)c1. The summed E-state index contributed by atoms with van der Waals surface area (Å²) in [5.74, 6) is 1.52. The van der Waals surface area contributed by atoms with Gasteiger partial charge in [-0.1, -0.05) is 12.1 Å². The van der Waals surface area contributed by atoms with Crippen molar-refractivity contribution in [3.63, 3.8) is 0 Å². The summed E-state index contributed by atoms with van der Waals surface area (Å²) in [6, 6.07) is 7.96. The number of nitrogens with two attached hydrogens (primary N) is 1. The van der Waals surface area contributed by atoms with E-state index in [0.29, 0.717) is 19.0 Å². The van der Waals surface area contributed by atoms with Crippen molar-refractivity contribution in [1.82, 2.24) is 9.78 Å². The molecular weight excluding hydrogens is 294 g/mol. The maximum atomic E-state index is 5.97. The minimum absolute atomic E-state index is 0.638. The zero-order valence-corrected chi connectivity index (χ0v) is 12.1. The summed E-state index contributed by atoms with van der Waals surface area (Å²) in [5, 5.41) is 4.38. The molecule has 0 aliphatic heterocycles. The van der Waals surface area contributed by atoms with Crippen LogP contribution in [0.2, 0.25) is 0 Å². The average Bonchev–Trinajstić information content (AvgIpc) is 2.58. The highest BCUT2D eigenvalue weighted by Gasteiger charge is 2.09. The van der Waals surface area contributed by atoms with Gasteiger partial charge in [-0.25, -0.2) is 4.68 Å². The third-order valence-electron chi connectivity index (χ3n) is 2.63. The zero-order valence-electron chi connectivity index (χ0n) is 10.5. The molecule has 0 bridgehead atoms. The molecular formula is C13H16BrN3O. The van der Waals surface area contributed by atoms with Crippen LogP contribution in [0, 0.1) is 6.92 Å². The number of hydrogen-bond acceptors (Lipinski definition) is 3. The molecule has 1 heterocycles. The minimum Gasteiger partial charge on any atom is -0.494 e. The van der Waals surface area contributed by atoms with Crippen LogP contribution in [-0.4, -0.2) is 16.4 Å². The van der Waals surface area contributed by atoms with E-state index in [1.165, 1.54) is 0 Å². The summed E-state index contributed by atoms with van der Waals surface area (Å²) in [4.78, 5) is 0. The highest BCUT2D eigenvalue weighted by atomic mass is 79.9. The van der Waals surface area contributed by atoms with Gasteiger partial charge in [0.25, 0.3) is 0 Å². The van der Waals surface area contributed by atoms with Crippen LogP contribution < -0.4 is 10.5 Å². The van der Waals surface area contributed by atoms with E-state index in [0.717, 1.165) is 21.5 Å². The number of anilines is 1. The quantitative estimate of drug-likeness (QED) is 0.944. The molecule has 0 saturated heterocycles. The van der Waals surface area contributed by atoms with Crippen molar-refractivity contribution in [1.29, 1.82) is 0 Å². The Morgan fingerprint density at radius 2 is 2.22 bits per heavy atom. The van der Waals surface area contributed by atoms with Gasteiger partial charge in [0, 0.05) is 0 Å². The van der Waals surface area contributed by atoms with Crippen LogP contribution in [0.4, 0.5) is 5.82 Å². The normalized spacial score (nSPS) is 10.6. The van der Waals surface area contributed by atoms with Gasteiger partial charge in [0.1, 0.15) is 11.6 Å². The number of nitrogens with zero attached hydrogens (tertiary/aromatic N) is 2. The van der Waals surface area contributed by atoms with Gasteiger partial charge in [0.05, 0.1) is 23.3 Å². The van der Waals surface area contributed by atoms with Gasteiger partial charge in [-0.05, 0) is 47.5 Å². The Bertz CT molecular complexity index is 551. The topological polar surface area (TPSA) is 53.1 Å². The van der Waals surface area contributed by atoms with Gasteiger partial charge < -0.3 is 10.5 Å². The van der Waals surface area contributed by atoms with E-state index in [4.69, 9.17) is 10.5 Å². The molecule has 0 radical (unpaired) electrons. The third-order valence-corrected chi connectivity index (χ3v) is 3.61. The fraction of sp³-hybridized carbons (Fsp3) is 0.308. The molecule has 18 heavy (non-hydrogen) atoms. The number of nitrogen functional groups attached to an aromatic ring is 1. The maximum absolute atomic E-state index is 5.97.